The van der Waals surface area contributed by atoms with Crippen LogP contribution in [0.4, 0.5) is 5.69 Å². The molecule has 2 heterocycles. The molecule has 4 aromatic rings. The maximum absolute atomic E-state index is 12.3. The fraction of sp³-hybridized carbons (Fsp3) is 0.130. The Labute approximate surface area is 215 Å². The third kappa shape index (κ3) is 6.36. The molecule has 9 nitrogen and oxygen atoms in total. The Bertz CT molecular complexity index is 1330. The van der Waals surface area contributed by atoms with E-state index in [0.717, 1.165) is 5.69 Å². The molecule has 0 aliphatic rings. The van der Waals surface area contributed by atoms with Crippen molar-refractivity contribution in [3.8, 4) is 11.4 Å². The number of nitrogens with zero attached hydrogens (tertiary/aromatic N) is 4. The first-order valence-electron chi connectivity index (χ1n) is 10.3. The third-order valence-electron chi connectivity index (χ3n) is 4.65. The summed E-state index contributed by atoms with van der Waals surface area (Å²) >= 11 is 13.8. The molecule has 0 spiro atoms. The molecule has 0 atom stereocenters. The van der Waals surface area contributed by atoms with Gasteiger partial charge in [-0.05, 0) is 42.5 Å². The quantitative estimate of drug-likeness (QED) is 0.168. The van der Waals surface area contributed by atoms with Crippen molar-refractivity contribution in [1.29, 1.82) is 0 Å². The van der Waals surface area contributed by atoms with Crippen LogP contribution >= 0.6 is 35.0 Å². The Morgan fingerprint density at radius 1 is 1.20 bits per heavy atom. The van der Waals surface area contributed by atoms with Crippen molar-refractivity contribution in [2.75, 3.05) is 18.2 Å². The standard InChI is InChI=1S/C23H20Cl2N6O3S/c1-33-20-7-3-2-6-18(20)26-13-21-28-30-23(31(21)19-9-8-15(24)11-17(19)25)35-14-22(32)29-27-12-16-5-4-10-34-16/h2-12,26H,13-14H2,1H3,(H,29,32). The van der Waals surface area contributed by atoms with E-state index in [1.165, 1.54) is 24.2 Å². The minimum Gasteiger partial charge on any atom is -0.495 e. The van der Waals surface area contributed by atoms with Crippen LogP contribution in [0.3, 0.4) is 0 Å². The largest absolute Gasteiger partial charge is 0.495 e. The number of thioether (sulfide) groups is 1. The molecule has 0 aliphatic heterocycles. The molecule has 0 aliphatic carbocycles. The van der Waals surface area contributed by atoms with Gasteiger partial charge in [0.1, 0.15) is 11.5 Å². The Hall–Kier alpha value is -3.47. The Morgan fingerprint density at radius 3 is 2.83 bits per heavy atom. The number of nitrogens with one attached hydrogen (secondary N) is 2. The van der Waals surface area contributed by atoms with Crippen LogP contribution in [0.15, 0.2) is 75.5 Å². The van der Waals surface area contributed by atoms with Crippen LogP contribution < -0.4 is 15.5 Å². The lowest BCUT2D eigenvalue weighted by atomic mass is 10.3. The van der Waals surface area contributed by atoms with Crippen molar-refractivity contribution in [3.63, 3.8) is 0 Å². The summed E-state index contributed by atoms with van der Waals surface area (Å²) in [7, 11) is 1.61. The van der Waals surface area contributed by atoms with Gasteiger partial charge in [0.15, 0.2) is 11.0 Å². The van der Waals surface area contributed by atoms with Crippen molar-refractivity contribution in [2.24, 2.45) is 5.10 Å². The van der Waals surface area contributed by atoms with Gasteiger partial charge in [0.2, 0.25) is 0 Å². The van der Waals surface area contributed by atoms with Gasteiger partial charge < -0.3 is 14.5 Å². The molecule has 4 rings (SSSR count). The van der Waals surface area contributed by atoms with E-state index in [1.807, 2.05) is 24.3 Å². The highest BCUT2D eigenvalue weighted by Crippen LogP contribution is 2.30. The predicted octanol–water partition coefficient (Wildman–Crippen LogP) is 5.03. The zero-order valence-corrected chi connectivity index (χ0v) is 20.8. The van der Waals surface area contributed by atoms with Gasteiger partial charge in [0.05, 0.1) is 48.3 Å². The number of anilines is 1. The molecule has 0 bridgehead atoms. The number of para-hydroxylation sites is 2. The van der Waals surface area contributed by atoms with Crippen molar-refractivity contribution in [3.05, 3.63) is 82.5 Å². The van der Waals surface area contributed by atoms with E-state index in [9.17, 15) is 4.79 Å². The number of methoxy groups -OCH3 is 1. The maximum Gasteiger partial charge on any atom is 0.250 e. The molecule has 1 amide bonds. The number of halogens is 2. The van der Waals surface area contributed by atoms with Crippen LogP contribution in [0.2, 0.25) is 10.0 Å². The van der Waals surface area contributed by atoms with E-state index in [0.29, 0.717) is 44.8 Å². The lowest BCUT2D eigenvalue weighted by molar-refractivity contribution is -0.118. The van der Waals surface area contributed by atoms with Gasteiger partial charge in [-0.2, -0.15) is 5.10 Å². The van der Waals surface area contributed by atoms with E-state index in [4.69, 9.17) is 32.4 Å². The van der Waals surface area contributed by atoms with E-state index < -0.39 is 0 Å². The average molecular weight is 531 g/mol. The van der Waals surface area contributed by atoms with Crippen molar-refractivity contribution in [1.82, 2.24) is 20.2 Å². The van der Waals surface area contributed by atoms with Gasteiger partial charge in [-0.25, -0.2) is 5.43 Å². The van der Waals surface area contributed by atoms with Crippen molar-refractivity contribution >= 4 is 52.8 Å². The van der Waals surface area contributed by atoms with E-state index in [1.54, 1.807) is 42.0 Å². The number of ether oxygens (including phenoxy) is 1. The number of furan rings is 1. The van der Waals surface area contributed by atoms with Gasteiger partial charge in [-0.1, -0.05) is 47.1 Å². The molecule has 0 saturated carbocycles. The van der Waals surface area contributed by atoms with E-state index >= 15 is 0 Å². The van der Waals surface area contributed by atoms with Crippen LogP contribution in [0.1, 0.15) is 11.6 Å². The topological polar surface area (TPSA) is 107 Å². The molecule has 0 radical (unpaired) electrons. The SMILES string of the molecule is COc1ccccc1NCc1nnc(SCC(=O)NN=Cc2ccco2)n1-c1ccc(Cl)cc1Cl. The molecule has 2 N–H and O–H groups in total. The average Bonchev–Trinajstić information content (AvgIpc) is 3.52. The lowest BCUT2D eigenvalue weighted by Gasteiger charge is -2.14. The number of carbonyl (C=O) groups is 1. The maximum atomic E-state index is 12.3. The number of hydrogen-bond acceptors (Lipinski definition) is 8. The first-order chi connectivity index (χ1) is 17.0. The van der Waals surface area contributed by atoms with Gasteiger partial charge >= 0.3 is 0 Å². The van der Waals surface area contributed by atoms with Crippen LogP contribution in [0.5, 0.6) is 5.75 Å². The van der Waals surface area contributed by atoms with Gasteiger partial charge in [0.25, 0.3) is 5.91 Å². The number of hydrogen-bond donors (Lipinski definition) is 2. The molecule has 12 heteroatoms. The monoisotopic (exact) mass is 530 g/mol. The number of aromatic nitrogens is 3. The van der Waals surface area contributed by atoms with Crippen LogP contribution in [0, 0.1) is 0 Å². The first kappa shape index (κ1) is 24.6. The van der Waals surface area contributed by atoms with Gasteiger partial charge in [-0.15, -0.1) is 10.2 Å². The molecule has 2 aromatic carbocycles. The summed E-state index contributed by atoms with van der Waals surface area (Å²) in [5, 5.41) is 17.2. The molecular weight excluding hydrogens is 511 g/mol. The molecule has 35 heavy (non-hydrogen) atoms. The fourth-order valence-electron chi connectivity index (χ4n) is 3.07. The molecule has 0 unspecified atom stereocenters. The molecular formula is C23H20Cl2N6O3S. The van der Waals surface area contributed by atoms with Gasteiger partial charge in [0, 0.05) is 5.02 Å². The van der Waals surface area contributed by atoms with E-state index in [-0.39, 0.29) is 11.7 Å². The Kier molecular flexibility index (Phi) is 8.30. The smallest absolute Gasteiger partial charge is 0.250 e. The summed E-state index contributed by atoms with van der Waals surface area (Å²) in [4.78, 5) is 12.3. The summed E-state index contributed by atoms with van der Waals surface area (Å²) in [6.45, 7) is 0.326. The second kappa shape index (κ2) is 11.8. The van der Waals surface area contributed by atoms with Gasteiger partial charge in [-0.3, -0.25) is 9.36 Å². The normalized spacial score (nSPS) is 11.1. The third-order valence-corrected chi connectivity index (χ3v) is 6.12. The summed E-state index contributed by atoms with van der Waals surface area (Å²) in [5.41, 5.74) is 3.89. The summed E-state index contributed by atoms with van der Waals surface area (Å²) < 4.78 is 12.3. The summed E-state index contributed by atoms with van der Waals surface area (Å²) in [5.74, 6) is 1.55. The minimum absolute atomic E-state index is 0.0543. The first-order valence-corrected chi connectivity index (χ1v) is 12.0. The Morgan fingerprint density at radius 2 is 2.06 bits per heavy atom. The second-order valence-corrected chi connectivity index (χ2v) is 8.77. The molecule has 2 aromatic heterocycles. The van der Waals surface area contributed by atoms with E-state index in [2.05, 4.69) is 26.0 Å². The van der Waals surface area contributed by atoms with Crippen molar-refractivity contribution in [2.45, 2.75) is 11.7 Å². The second-order valence-electron chi connectivity index (χ2n) is 6.98. The summed E-state index contributed by atoms with van der Waals surface area (Å²) in [6, 6.07) is 16.1. The molecule has 0 fully saturated rings. The van der Waals surface area contributed by atoms with Crippen LogP contribution in [0.25, 0.3) is 5.69 Å². The number of carbonyl (C=O) groups excluding carboxylic acids is 1. The Balaban J connectivity index is 1.52. The number of benzene rings is 2. The highest BCUT2D eigenvalue weighted by molar-refractivity contribution is 7.99. The van der Waals surface area contributed by atoms with Crippen molar-refractivity contribution < 1.29 is 13.9 Å². The zero-order valence-electron chi connectivity index (χ0n) is 18.4. The molecule has 0 saturated heterocycles. The number of rotatable bonds is 10. The minimum atomic E-state index is -0.316. The number of hydrazone groups is 1. The molecule has 180 valence electrons. The lowest BCUT2D eigenvalue weighted by Crippen LogP contribution is -2.20. The highest BCUT2D eigenvalue weighted by atomic mass is 35.5. The summed E-state index contributed by atoms with van der Waals surface area (Å²) in [6.07, 6.45) is 2.94. The number of amides is 1. The predicted molar refractivity (Wildman–Crippen MR) is 137 cm³/mol. The fourth-order valence-corrected chi connectivity index (χ4v) is 4.32. The van der Waals surface area contributed by atoms with Crippen LogP contribution in [-0.4, -0.2) is 39.7 Å². The highest BCUT2D eigenvalue weighted by Gasteiger charge is 2.18. The van der Waals surface area contributed by atoms with Crippen LogP contribution in [-0.2, 0) is 11.3 Å². The zero-order chi connectivity index (χ0) is 24.6.